The number of hydrogen-bond donors (Lipinski definition) is 2. The summed E-state index contributed by atoms with van der Waals surface area (Å²) in [6.07, 6.45) is 2.88. The Labute approximate surface area is 122 Å². The van der Waals surface area contributed by atoms with E-state index in [-0.39, 0.29) is 0 Å². The first-order valence-corrected chi connectivity index (χ1v) is 7.24. The van der Waals surface area contributed by atoms with Gasteiger partial charge in [-0.25, -0.2) is 9.98 Å². The molecule has 0 amide bonds. The fourth-order valence-electron chi connectivity index (χ4n) is 1.78. The summed E-state index contributed by atoms with van der Waals surface area (Å²) in [5, 5.41) is 6.66. The first kappa shape index (κ1) is 16.3. The van der Waals surface area contributed by atoms with Gasteiger partial charge in [-0.1, -0.05) is 13.0 Å². The first-order valence-electron chi connectivity index (χ1n) is 7.24. The molecular formula is C15H27N5. The summed E-state index contributed by atoms with van der Waals surface area (Å²) in [5.41, 5.74) is 1.12. The molecule has 0 radical (unpaired) electrons. The van der Waals surface area contributed by atoms with Gasteiger partial charge in [-0.2, -0.15) is 0 Å². The van der Waals surface area contributed by atoms with Crippen molar-refractivity contribution in [3.05, 3.63) is 23.9 Å². The zero-order chi connectivity index (χ0) is 15.0. The Hall–Kier alpha value is -1.78. The second-order valence-electron chi connectivity index (χ2n) is 5.03. The molecule has 2 N–H and O–H groups in total. The number of aromatic nitrogens is 1. The van der Waals surface area contributed by atoms with E-state index in [0.29, 0.717) is 12.6 Å². The third kappa shape index (κ3) is 5.07. The SMILES string of the molecule is CCNC(=NCc1cccnc1N(C)C)NC(C)CC. The summed E-state index contributed by atoms with van der Waals surface area (Å²) in [5.74, 6) is 1.83. The van der Waals surface area contributed by atoms with Gasteiger partial charge in [0.1, 0.15) is 5.82 Å². The van der Waals surface area contributed by atoms with E-state index < -0.39 is 0 Å². The molecule has 1 unspecified atom stereocenters. The number of guanidine groups is 1. The highest BCUT2D eigenvalue weighted by molar-refractivity contribution is 5.80. The van der Waals surface area contributed by atoms with E-state index >= 15 is 0 Å². The van der Waals surface area contributed by atoms with E-state index in [9.17, 15) is 0 Å². The molecule has 0 saturated carbocycles. The van der Waals surface area contributed by atoms with Crippen LogP contribution in [0.3, 0.4) is 0 Å². The molecule has 1 heterocycles. The second-order valence-corrected chi connectivity index (χ2v) is 5.03. The van der Waals surface area contributed by atoms with Gasteiger partial charge >= 0.3 is 0 Å². The van der Waals surface area contributed by atoms with Crippen LogP contribution in [0.4, 0.5) is 5.82 Å². The smallest absolute Gasteiger partial charge is 0.191 e. The standard InChI is InChI=1S/C15H27N5/c1-6-12(3)19-15(16-7-2)18-11-13-9-8-10-17-14(13)20(4)5/h8-10,12H,6-7,11H2,1-5H3,(H2,16,18,19). The topological polar surface area (TPSA) is 52.6 Å². The van der Waals surface area contributed by atoms with Crippen molar-refractivity contribution in [1.82, 2.24) is 15.6 Å². The van der Waals surface area contributed by atoms with Crippen molar-refractivity contribution in [2.75, 3.05) is 25.5 Å². The van der Waals surface area contributed by atoms with Gasteiger partial charge in [0.25, 0.3) is 0 Å². The third-order valence-electron chi connectivity index (χ3n) is 3.04. The number of hydrogen-bond acceptors (Lipinski definition) is 3. The number of anilines is 1. The van der Waals surface area contributed by atoms with Crippen molar-refractivity contribution in [3.63, 3.8) is 0 Å². The Balaban J connectivity index is 2.81. The summed E-state index contributed by atoms with van der Waals surface area (Å²) in [7, 11) is 4.00. The Kier molecular flexibility index (Phi) is 6.84. The minimum Gasteiger partial charge on any atom is -0.362 e. The third-order valence-corrected chi connectivity index (χ3v) is 3.04. The van der Waals surface area contributed by atoms with E-state index in [4.69, 9.17) is 0 Å². The van der Waals surface area contributed by atoms with Crippen molar-refractivity contribution >= 4 is 11.8 Å². The van der Waals surface area contributed by atoms with Gasteiger partial charge in [-0.3, -0.25) is 0 Å². The van der Waals surface area contributed by atoms with Crippen LogP contribution < -0.4 is 15.5 Å². The molecule has 1 aromatic rings. The summed E-state index contributed by atoms with van der Waals surface area (Å²) in [6, 6.07) is 4.43. The van der Waals surface area contributed by atoms with Crippen molar-refractivity contribution < 1.29 is 0 Å². The zero-order valence-corrected chi connectivity index (χ0v) is 13.3. The van der Waals surface area contributed by atoms with Crippen LogP contribution in [0.2, 0.25) is 0 Å². The lowest BCUT2D eigenvalue weighted by Crippen LogP contribution is -2.41. The summed E-state index contributed by atoms with van der Waals surface area (Å²) < 4.78 is 0. The molecule has 0 spiro atoms. The molecule has 1 rings (SSSR count). The van der Waals surface area contributed by atoms with E-state index in [1.807, 2.05) is 31.3 Å². The highest BCUT2D eigenvalue weighted by Crippen LogP contribution is 2.15. The molecule has 0 fully saturated rings. The van der Waals surface area contributed by atoms with E-state index in [1.165, 1.54) is 0 Å². The average Bonchev–Trinajstić information content (AvgIpc) is 2.45. The molecule has 1 aromatic heterocycles. The Bertz CT molecular complexity index is 428. The molecule has 112 valence electrons. The monoisotopic (exact) mass is 277 g/mol. The number of nitrogens with one attached hydrogen (secondary N) is 2. The number of aliphatic imine (C=N–C) groups is 1. The largest absolute Gasteiger partial charge is 0.362 e. The molecule has 0 aliphatic rings. The molecule has 0 aliphatic carbocycles. The van der Waals surface area contributed by atoms with Crippen LogP contribution in [0, 0.1) is 0 Å². The lowest BCUT2D eigenvalue weighted by Gasteiger charge is -2.17. The van der Waals surface area contributed by atoms with Gasteiger partial charge in [0.15, 0.2) is 5.96 Å². The average molecular weight is 277 g/mol. The number of pyridine rings is 1. The predicted molar refractivity (Wildman–Crippen MR) is 86.3 cm³/mol. The summed E-state index contributed by atoms with van der Waals surface area (Å²) in [4.78, 5) is 11.1. The maximum atomic E-state index is 4.64. The van der Waals surface area contributed by atoms with Crippen molar-refractivity contribution in [2.45, 2.75) is 39.8 Å². The molecule has 1 atom stereocenters. The molecular weight excluding hydrogens is 250 g/mol. The molecule has 0 saturated heterocycles. The lowest BCUT2D eigenvalue weighted by atomic mass is 10.2. The van der Waals surface area contributed by atoms with Crippen molar-refractivity contribution in [1.29, 1.82) is 0 Å². The minimum absolute atomic E-state index is 0.412. The van der Waals surface area contributed by atoms with Gasteiger partial charge in [-0.05, 0) is 26.3 Å². The number of nitrogens with zero attached hydrogens (tertiary/aromatic N) is 3. The molecule has 5 nitrogen and oxygen atoms in total. The van der Waals surface area contributed by atoms with Gasteiger partial charge in [0.2, 0.25) is 0 Å². The van der Waals surface area contributed by atoms with Crippen LogP contribution in [-0.4, -0.2) is 37.6 Å². The normalized spacial score (nSPS) is 12.9. The summed E-state index contributed by atoms with van der Waals surface area (Å²) >= 11 is 0. The van der Waals surface area contributed by atoms with Crippen LogP contribution in [0.1, 0.15) is 32.8 Å². The van der Waals surface area contributed by atoms with E-state index in [1.54, 1.807) is 0 Å². The Morgan fingerprint density at radius 1 is 1.40 bits per heavy atom. The van der Waals surface area contributed by atoms with Crippen LogP contribution >= 0.6 is 0 Å². The Morgan fingerprint density at radius 2 is 2.15 bits per heavy atom. The minimum atomic E-state index is 0.412. The van der Waals surface area contributed by atoms with Gasteiger partial charge in [-0.15, -0.1) is 0 Å². The maximum absolute atomic E-state index is 4.64. The molecule has 5 heteroatoms. The van der Waals surface area contributed by atoms with Crippen molar-refractivity contribution in [3.8, 4) is 0 Å². The Morgan fingerprint density at radius 3 is 2.75 bits per heavy atom. The predicted octanol–water partition coefficient (Wildman–Crippen LogP) is 2.00. The highest BCUT2D eigenvalue weighted by atomic mass is 15.2. The molecule has 0 aliphatic heterocycles. The number of rotatable bonds is 6. The second kappa shape index (κ2) is 8.40. The van der Waals surface area contributed by atoms with Crippen LogP contribution in [0.25, 0.3) is 0 Å². The molecule has 20 heavy (non-hydrogen) atoms. The fourth-order valence-corrected chi connectivity index (χ4v) is 1.78. The van der Waals surface area contributed by atoms with E-state index in [2.05, 4.69) is 47.4 Å². The van der Waals surface area contributed by atoms with Crippen molar-refractivity contribution in [2.24, 2.45) is 4.99 Å². The quantitative estimate of drug-likeness (QED) is 0.617. The van der Waals surface area contributed by atoms with Gasteiger partial charge in [0.05, 0.1) is 6.54 Å². The zero-order valence-electron chi connectivity index (χ0n) is 13.3. The summed E-state index contributed by atoms with van der Waals surface area (Å²) in [6.45, 7) is 7.86. The fraction of sp³-hybridized carbons (Fsp3) is 0.600. The lowest BCUT2D eigenvalue weighted by molar-refractivity contribution is 0.624. The van der Waals surface area contributed by atoms with Crippen LogP contribution in [-0.2, 0) is 6.54 Å². The maximum Gasteiger partial charge on any atom is 0.191 e. The molecule has 0 bridgehead atoms. The first-order chi connectivity index (χ1) is 9.58. The van der Waals surface area contributed by atoms with E-state index in [0.717, 1.165) is 30.3 Å². The van der Waals surface area contributed by atoms with Gasteiger partial charge in [0, 0.05) is 38.4 Å². The highest BCUT2D eigenvalue weighted by Gasteiger charge is 2.06. The van der Waals surface area contributed by atoms with Crippen LogP contribution in [0.5, 0.6) is 0 Å². The molecule has 0 aromatic carbocycles. The van der Waals surface area contributed by atoms with Crippen LogP contribution in [0.15, 0.2) is 23.3 Å². The van der Waals surface area contributed by atoms with Gasteiger partial charge < -0.3 is 15.5 Å².